The van der Waals surface area contributed by atoms with Gasteiger partial charge < -0.3 is 15.9 Å². The Bertz CT molecular complexity index is 369. The summed E-state index contributed by atoms with van der Waals surface area (Å²) in [6, 6.07) is 4.83. The highest BCUT2D eigenvalue weighted by Gasteiger charge is 2.19. The van der Waals surface area contributed by atoms with E-state index in [9.17, 15) is 10.2 Å². The Morgan fingerprint density at radius 2 is 1.83 bits per heavy atom. The Morgan fingerprint density at radius 3 is 2.33 bits per heavy atom. The van der Waals surface area contributed by atoms with Crippen LogP contribution in [0.5, 0.6) is 5.75 Å². The Labute approximate surface area is 115 Å². The van der Waals surface area contributed by atoms with Gasteiger partial charge in [-0.25, -0.2) is 0 Å². The van der Waals surface area contributed by atoms with Gasteiger partial charge in [0, 0.05) is 5.56 Å². The summed E-state index contributed by atoms with van der Waals surface area (Å²) in [5.41, 5.74) is 7.56. The molecule has 0 unspecified atom stereocenters. The van der Waals surface area contributed by atoms with Gasteiger partial charge in [0.15, 0.2) is 0 Å². The number of aliphatic hydroxyl groups excluding tert-OH is 1. The van der Waals surface area contributed by atoms with Crippen LogP contribution in [0, 0.1) is 12.8 Å². The molecule has 0 saturated heterocycles. The molecule has 0 spiro atoms. The molecule has 0 fully saturated rings. The van der Waals surface area contributed by atoms with Crippen molar-refractivity contribution in [1.29, 1.82) is 0 Å². The van der Waals surface area contributed by atoms with Crippen molar-refractivity contribution >= 4 is 12.4 Å². The largest absolute Gasteiger partial charge is 0.508 e. The molecule has 3 nitrogen and oxygen atoms in total. The number of phenolic OH excluding ortho intramolecular Hbond substituents is 1. The fourth-order valence-electron chi connectivity index (χ4n) is 1.83. The van der Waals surface area contributed by atoms with E-state index in [0.717, 1.165) is 12.0 Å². The van der Waals surface area contributed by atoms with Crippen LogP contribution in [0.25, 0.3) is 0 Å². The maximum Gasteiger partial charge on any atom is 0.120 e. The number of nitrogens with two attached hydrogens (primary N) is 1. The van der Waals surface area contributed by atoms with E-state index in [1.165, 1.54) is 0 Å². The van der Waals surface area contributed by atoms with E-state index < -0.39 is 12.1 Å². The van der Waals surface area contributed by atoms with Crippen molar-refractivity contribution in [3.05, 3.63) is 29.3 Å². The van der Waals surface area contributed by atoms with Gasteiger partial charge in [-0.2, -0.15) is 0 Å². The Kier molecular flexibility index (Phi) is 7.29. The molecule has 1 rings (SSSR count). The molecule has 4 heteroatoms. The van der Waals surface area contributed by atoms with Crippen LogP contribution in [0.2, 0.25) is 0 Å². The number of aliphatic hydroxyl groups is 1. The van der Waals surface area contributed by atoms with Crippen LogP contribution >= 0.6 is 12.4 Å². The number of hydrogen-bond donors (Lipinski definition) is 3. The topological polar surface area (TPSA) is 66.5 Å². The van der Waals surface area contributed by atoms with Crippen molar-refractivity contribution in [2.24, 2.45) is 11.7 Å². The highest BCUT2D eigenvalue weighted by atomic mass is 35.5. The molecule has 1 aromatic carbocycles. The van der Waals surface area contributed by atoms with Crippen molar-refractivity contribution in [3.8, 4) is 5.75 Å². The second kappa shape index (κ2) is 7.62. The first kappa shape index (κ1) is 17.2. The minimum Gasteiger partial charge on any atom is -0.508 e. The molecular weight excluding hydrogens is 250 g/mol. The van der Waals surface area contributed by atoms with Crippen LogP contribution in [-0.2, 0) is 0 Å². The number of phenols is 1. The van der Waals surface area contributed by atoms with E-state index in [-0.39, 0.29) is 18.2 Å². The lowest BCUT2D eigenvalue weighted by Crippen LogP contribution is -2.26. The van der Waals surface area contributed by atoms with Crippen molar-refractivity contribution in [3.63, 3.8) is 0 Å². The van der Waals surface area contributed by atoms with Gasteiger partial charge in [-0.3, -0.25) is 0 Å². The summed E-state index contributed by atoms with van der Waals surface area (Å²) in [7, 11) is 0. The smallest absolute Gasteiger partial charge is 0.120 e. The molecule has 1 aromatic rings. The summed E-state index contributed by atoms with van der Waals surface area (Å²) in [5.74, 6) is 0.713. The van der Waals surface area contributed by atoms with Crippen molar-refractivity contribution in [2.75, 3.05) is 0 Å². The minimum absolute atomic E-state index is 0. The van der Waals surface area contributed by atoms with Crippen molar-refractivity contribution in [1.82, 2.24) is 0 Å². The standard InChI is InChI=1S/C14H23NO2.ClH/c1-9(2)4-7-12(16)14(15)11-6-5-10(3)8-13(11)17;/h5-6,8-9,12,14,16-17H,4,7,15H2,1-3H3;1H/t12-,14+;/m0./s1. The Morgan fingerprint density at radius 1 is 1.22 bits per heavy atom. The van der Waals surface area contributed by atoms with E-state index in [2.05, 4.69) is 13.8 Å². The zero-order chi connectivity index (χ0) is 13.0. The quantitative estimate of drug-likeness (QED) is 0.773. The second-order valence-corrected chi connectivity index (χ2v) is 5.13. The van der Waals surface area contributed by atoms with Crippen LogP contribution in [0.4, 0.5) is 0 Å². The molecule has 18 heavy (non-hydrogen) atoms. The van der Waals surface area contributed by atoms with Crippen LogP contribution in [0.1, 0.15) is 43.9 Å². The fraction of sp³-hybridized carbons (Fsp3) is 0.571. The summed E-state index contributed by atoms with van der Waals surface area (Å²) in [6.07, 6.45) is 0.985. The van der Waals surface area contributed by atoms with Crippen LogP contribution in [-0.4, -0.2) is 16.3 Å². The molecular formula is C14H24ClNO2. The second-order valence-electron chi connectivity index (χ2n) is 5.13. The molecule has 104 valence electrons. The monoisotopic (exact) mass is 273 g/mol. The van der Waals surface area contributed by atoms with E-state index in [1.54, 1.807) is 12.1 Å². The van der Waals surface area contributed by atoms with Gasteiger partial charge in [0.05, 0.1) is 12.1 Å². The Hall–Kier alpha value is -0.770. The minimum atomic E-state index is -0.606. The normalized spacial score (nSPS) is 14.1. The first-order chi connectivity index (χ1) is 7.91. The summed E-state index contributed by atoms with van der Waals surface area (Å²) in [4.78, 5) is 0. The van der Waals surface area contributed by atoms with Gasteiger partial charge in [-0.15, -0.1) is 12.4 Å². The lowest BCUT2D eigenvalue weighted by molar-refractivity contribution is 0.127. The highest BCUT2D eigenvalue weighted by molar-refractivity contribution is 5.85. The average molecular weight is 274 g/mol. The highest BCUT2D eigenvalue weighted by Crippen LogP contribution is 2.27. The van der Waals surface area contributed by atoms with E-state index in [0.29, 0.717) is 17.9 Å². The number of aryl methyl sites for hydroxylation is 1. The fourth-order valence-corrected chi connectivity index (χ4v) is 1.83. The number of aromatic hydroxyl groups is 1. The van der Waals surface area contributed by atoms with Crippen LogP contribution in [0.15, 0.2) is 18.2 Å². The number of rotatable bonds is 5. The molecule has 4 N–H and O–H groups in total. The third-order valence-corrected chi connectivity index (χ3v) is 3.00. The number of hydrogen-bond acceptors (Lipinski definition) is 3. The summed E-state index contributed by atoms with van der Waals surface area (Å²) >= 11 is 0. The van der Waals surface area contributed by atoms with Gasteiger partial charge in [0.25, 0.3) is 0 Å². The van der Waals surface area contributed by atoms with Gasteiger partial charge in [0.1, 0.15) is 5.75 Å². The summed E-state index contributed by atoms with van der Waals surface area (Å²) < 4.78 is 0. The molecule has 2 atom stereocenters. The van der Waals surface area contributed by atoms with Gasteiger partial charge >= 0.3 is 0 Å². The molecule has 0 bridgehead atoms. The van der Waals surface area contributed by atoms with Crippen LogP contribution in [0.3, 0.4) is 0 Å². The van der Waals surface area contributed by atoms with Gasteiger partial charge in [0.2, 0.25) is 0 Å². The molecule has 0 aromatic heterocycles. The average Bonchev–Trinajstić information content (AvgIpc) is 2.25. The molecule has 0 aliphatic carbocycles. The lowest BCUT2D eigenvalue weighted by Gasteiger charge is -2.21. The lowest BCUT2D eigenvalue weighted by atomic mass is 9.95. The Balaban J connectivity index is 0.00000289. The molecule has 0 radical (unpaired) electrons. The molecule has 0 heterocycles. The zero-order valence-electron chi connectivity index (χ0n) is 11.3. The summed E-state index contributed by atoms with van der Waals surface area (Å²) in [5, 5.41) is 19.8. The van der Waals surface area contributed by atoms with Gasteiger partial charge in [-0.05, 0) is 37.3 Å². The number of benzene rings is 1. The number of halogens is 1. The van der Waals surface area contributed by atoms with Crippen molar-refractivity contribution < 1.29 is 10.2 Å². The first-order valence-electron chi connectivity index (χ1n) is 6.15. The van der Waals surface area contributed by atoms with Crippen LogP contribution < -0.4 is 5.73 Å². The predicted molar refractivity (Wildman–Crippen MR) is 77.1 cm³/mol. The molecule has 0 amide bonds. The maximum atomic E-state index is 9.98. The third-order valence-electron chi connectivity index (χ3n) is 3.00. The van der Waals surface area contributed by atoms with Crippen molar-refractivity contribution in [2.45, 2.75) is 45.8 Å². The maximum absolute atomic E-state index is 9.98. The molecule has 0 aliphatic heterocycles. The molecule has 0 saturated carbocycles. The third kappa shape index (κ3) is 4.84. The van der Waals surface area contributed by atoms with E-state index in [1.807, 2.05) is 13.0 Å². The summed E-state index contributed by atoms with van der Waals surface area (Å²) in [6.45, 7) is 6.13. The van der Waals surface area contributed by atoms with E-state index >= 15 is 0 Å². The molecule has 0 aliphatic rings. The van der Waals surface area contributed by atoms with Gasteiger partial charge in [-0.1, -0.05) is 26.0 Å². The predicted octanol–water partition coefficient (Wildman–Crippen LogP) is 2.92. The first-order valence-corrected chi connectivity index (χ1v) is 6.15. The zero-order valence-corrected chi connectivity index (χ0v) is 12.1. The SMILES string of the molecule is Cc1ccc([C@@H](N)[C@@H](O)CCC(C)C)c(O)c1.Cl. The van der Waals surface area contributed by atoms with E-state index in [4.69, 9.17) is 5.73 Å².